The topological polar surface area (TPSA) is 55.1 Å². The Morgan fingerprint density at radius 1 is 1.10 bits per heavy atom. The van der Waals surface area contributed by atoms with Crippen LogP contribution in [0.2, 0.25) is 5.02 Å². The van der Waals surface area contributed by atoms with Crippen LogP contribution in [0.3, 0.4) is 0 Å². The van der Waals surface area contributed by atoms with E-state index in [1.165, 1.54) is 24.3 Å². The van der Waals surface area contributed by atoms with E-state index >= 15 is 0 Å². The van der Waals surface area contributed by atoms with Crippen LogP contribution in [-0.4, -0.2) is 10.9 Å². The van der Waals surface area contributed by atoms with Crippen LogP contribution in [0.15, 0.2) is 36.4 Å². The molecule has 0 unspecified atom stereocenters. The fourth-order valence-corrected chi connectivity index (χ4v) is 2.23. The standard InChI is InChI=1S/C14H9ClF2N2OS/c15-7-3-1-4-8(16)11(7)14(20)19-10-6-2-5-9(17)12(10)13(18)21/h1-6H,(H2,18,21)(H,19,20). The lowest BCUT2D eigenvalue weighted by molar-refractivity contribution is 0.102. The van der Waals surface area contributed by atoms with Gasteiger partial charge in [-0.2, -0.15) is 0 Å². The molecule has 0 spiro atoms. The number of hydrogen-bond acceptors (Lipinski definition) is 2. The van der Waals surface area contributed by atoms with Gasteiger partial charge >= 0.3 is 0 Å². The van der Waals surface area contributed by atoms with Gasteiger partial charge in [0, 0.05) is 0 Å². The summed E-state index contributed by atoms with van der Waals surface area (Å²) in [5.74, 6) is -2.28. The normalized spacial score (nSPS) is 10.2. The third-order valence-electron chi connectivity index (χ3n) is 2.70. The smallest absolute Gasteiger partial charge is 0.260 e. The van der Waals surface area contributed by atoms with Gasteiger partial charge in [-0.3, -0.25) is 4.79 Å². The summed E-state index contributed by atoms with van der Waals surface area (Å²) in [5, 5.41) is 2.30. The molecule has 21 heavy (non-hydrogen) atoms. The Hall–Kier alpha value is -2.05. The highest BCUT2D eigenvalue weighted by molar-refractivity contribution is 7.80. The maximum absolute atomic E-state index is 13.7. The number of halogens is 3. The van der Waals surface area contributed by atoms with Crippen molar-refractivity contribution < 1.29 is 13.6 Å². The summed E-state index contributed by atoms with van der Waals surface area (Å²) in [6, 6.07) is 7.78. The average Bonchev–Trinajstić information content (AvgIpc) is 2.37. The molecule has 0 bridgehead atoms. The van der Waals surface area contributed by atoms with Crippen molar-refractivity contribution in [3.8, 4) is 0 Å². The summed E-state index contributed by atoms with van der Waals surface area (Å²) in [5.41, 5.74) is 5.02. The largest absolute Gasteiger partial charge is 0.389 e. The predicted octanol–water partition coefficient (Wildman–Crippen LogP) is 3.50. The van der Waals surface area contributed by atoms with Gasteiger partial charge in [-0.15, -0.1) is 0 Å². The van der Waals surface area contributed by atoms with E-state index in [2.05, 4.69) is 5.32 Å². The molecule has 0 saturated carbocycles. The van der Waals surface area contributed by atoms with Crippen molar-refractivity contribution in [2.24, 2.45) is 5.73 Å². The first kappa shape index (κ1) is 15.3. The van der Waals surface area contributed by atoms with Gasteiger partial charge in [0.05, 0.1) is 21.8 Å². The SMILES string of the molecule is NC(=S)c1c(F)cccc1NC(=O)c1c(F)cccc1Cl. The Morgan fingerprint density at radius 3 is 2.24 bits per heavy atom. The fraction of sp³-hybridized carbons (Fsp3) is 0. The van der Waals surface area contributed by atoms with Crippen LogP contribution in [0.25, 0.3) is 0 Å². The lowest BCUT2D eigenvalue weighted by atomic mass is 10.1. The monoisotopic (exact) mass is 326 g/mol. The van der Waals surface area contributed by atoms with Gasteiger partial charge in [0.15, 0.2) is 0 Å². The number of anilines is 1. The molecule has 0 aromatic heterocycles. The van der Waals surface area contributed by atoms with E-state index in [-0.39, 0.29) is 26.8 Å². The molecule has 0 aliphatic rings. The maximum atomic E-state index is 13.7. The molecule has 0 radical (unpaired) electrons. The van der Waals surface area contributed by atoms with Gasteiger partial charge in [-0.05, 0) is 24.3 Å². The first-order chi connectivity index (χ1) is 9.91. The molecule has 0 aliphatic heterocycles. The van der Waals surface area contributed by atoms with Gasteiger partial charge in [0.1, 0.15) is 16.6 Å². The number of nitrogens with one attached hydrogen (secondary N) is 1. The second-order valence-electron chi connectivity index (χ2n) is 4.08. The molecule has 2 rings (SSSR count). The van der Waals surface area contributed by atoms with Gasteiger partial charge in [0.2, 0.25) is 0 Å². The van der Waals surface area contributed by atoms with Crippen molar-refractivity contribution in [3.63, 3.8) is 0 Å². The van der Waals surface area contributed by atoms with Gasteiger partial charge in [-0.1, -0.05) is 36.0 Å². The molecule has 0 saturated heterocycles. The average molecular weight is 327 g/mol. The Kier molecular flexibility index (Phi) is 4.50. The van der Waals surface area contributed by atoms with Crippen LogP contribution in [0.1, 0.15) is 15.9 Å². The summed E-state index contributed by atoms with van der Waals surface area (Å²) in [6.45, 7) is 0. The first-order valence-corrected chi connectivity index (χ1v) is 6.54. The summed E-state index contributed by atoms with van der Waals surface area (Å²) in [7, 11) is 0. The number of carbonyl (C=O) groups is 1. The van der Waals surface area contributed by atoms with E-state index in [9.17, 15) is 13.6 Å². The Labute approximate surface area is 129 Å². The second-order valence-corrected chi connectivity index (χ2v) is 4.92. The molecule has 0 heterocycles. The summed E-state index contributed by atoms with van der Waals surface area (Å²) >= 11 is 10.5. The van der Waals surface area contributed by atoms with Crippen molar-refractivity contribution in [1.82, 2.24) is 0 Å². The van der Waals surface area contributed by atoms with Crippen LogP contribution >= 0.6 is 23.8 Å². The summed E-state index contributed by atoms with van der Waals surface area (Å²) in [6.07, 6.45) is 0. The highest BCUT2D eigenvalue weighted by atomic mass is 35.5. The van der Waals surface area contributed by atoms with E-state index in [1.54, 1.807) is 0 Å². The van der Waals surface area contributed by atoms with Crippen molar-refractivity contribution in [3.05, 3.63) is 64.2 Å². The minimum Gasteiger partial charge on any atom is -0.389 e. The van der Waals surface area contributed by atoms with Gasteiger partial charge in [-0.25, -0.2) is 8.78 Å². The van der Waals surface area contributed by atoms with Crippen molar-refractivity contribution in [2.45, 2.75) is 0 Å². The molecule has 3 nitrogen and oxygen atoms in total. The van der Waals surface area contributed by atoms with Gasteiger partial charge < -0.3 is 11.1 Å². The van der Waals surface area contributed by atoms with Gasteiger partial charge in [0.25, 0.3) is 5.91 Å². The lowest BCUT2D eigenvalue weighted by Gasteiger charge is -2.12. The lowest BCUT2D eigenvalue weighted by Crippen LogP contribution is -2.20. The molecule has 0 atom stereocenters. The number of rotatable bonds is 3. The zero-order chi connectivity index (χ0) is 15.6. The number of benzene rings is 2. The predicted molar refractivity (Wildman–Crippen MR) is 81.7 cm³/mol. The van der Waals surface area contributed by atoms with Crippen LogP contribution < -0.4 is 11.1 Å². The molecule has 0 fully saturated rings. The van der Waals surface area contributed by atoms with E-state index in [1.807, 2.05) is 0 Å². The van der Waals surface area contributed by atoms with Crippen molar-refractivity contribution in [2.75, 3.05) is 5.32 Å². The summed E-state index contributed by atoms with van der Waals surface area (Å²) < 4.78 is 27.4. The third-order valence-corrected chi connectivity index (χ3v) is 3.22. The maximum Gasteiger partial charge on any atom is 0.260 e. The van der Waals surface area contributed by atoms with E-state index in [4.69, 9.17) is 29.6 Å². The Balaban J connectivity index is 2.42. The zero-order valence-corrected chi connectivity index (χ0v) is 12.1. The molecule has 2 aromatic rings. The minimum atomic E-state index is -0.818. The second kappa shape index (κ2) is 6.15. The van der Waals surface area contributed by atoms with Crippen LogP contribution in [0.4, 0.5) is 14.5 Å². The molecule has 3 N–H and O–H groups in total. The number of hydrogen-bond donors (Lipinski definition) is 2. The Bertz CT molecular complexity index is 717. The quantitative estimate of drug-likeness (QED) is 0.849. The molecule has 1 amide bonds. The minimum absolute atomic E-state index is 0.0480. The first-order valence-electron chi connectivity index (χ1n) is 5.75. The highest BCUT2D eigenvalue weighted by Crippen LogP contribution is 2.23. The summed E-state index contributed by atoms with van der Waals surface area (Å²) in [4.78, 5) is 11.9. The highest BCUT2D eigenvalue weighted by Gasteiger charge is 2.19. The van der Waals surface area contributed by atoms with E-state index < -0.39 is 17.5 Å². The van der Waals surface area contributed by atoms with E-state index in [0.29, 0.717) is 0 Å². The molecule has 2 aromatic carbocycles. The number of nitrogens with two attached hydrogens (primary N) is 1. The van der Waals surface area contributed by atoms with Crippen LogP contribution in [0.5, 0.6) is 0 Å². The Morgan fingerprint density at radius 2 is 1.67 bits per heavy atom. The number of carbonyl (C=O) groups excluding carboxylic acids is 1. The van der Waals surface area contributed by atoms with E-state index in [0.717, 1.165) is 12.1 Å². The van der Waals surface area contributed by atoms with Crippen molar-refractivity contribution in [1.29, 1.82) is 0 Å². The zero-order valence-electron chi connectivity index (χ0n) is 10.5. The molecular weight excluding hydrogens is 318 g/mol. The molecular formula is C14H9ClF2N2OS. The van der Waals surface area contributed by atoms with Crippen LogP contribution in [0, 0.1) is 11.6 Å². The fourth-order valence-electron chi connectivity index (χ4n) is 1.78. The number of thiocarbonyl (C=S) groups is 1. The third kappa shape index (κ3) is 3.17. The number of amides is 1. The molecule has 0 aliphatic carbocycles. The molecule has 7 heteroatoms. The molecule has 108 valence electrons. The van der Waals surface area contributed by atoms with Crippen molar-refractivity contribution >= 4 is 40.4 Å². The van der Waals surface area contributed by atoms with Crippen LogP contribution in [-0.2, 0) is 0 Å².